The summed E-state index contributed by atoms with van der Waals surface area (Å²) in [6, 6.07) is 9.36. The number of allylic oxidation sites excluding steroid dienone is 3. The van der Waals surface area contributed by atoms with Gasteiger partial charge in [-0.1, -0.05) is 48.1 Å². The molecular formula is C25H28O5. The molecule has 0 saturated heterocycles. The van der Waals surface area contributed by atoms with Crippen LogP contribution in [-0.2, 0) is 12.8 Å². The van der Waals surface area contributed by atoms with Gasteiger partial charge < -0.3 is 20.1 Å². The molecule has 1 aliphatic rings. The molecule has 2 aromatic carbocycles. The van der Waals surface area contributed by atoms with E-state index < -0.39 is 17.5 Å². The van der Waals surface area contributed by atoms with Crippen LogP contribution in [0.5, 0.6) is 17.2 Å². The summed E-state index contributed by atoms with van der Waals surface area (Å²) < 4.78 is 5.88. The molecule has 158 valence electrons. The maximum absolute atomic E-state index is 13.1. The molecule has 5 nitrogen and oxygen atoms in total. The molecule has 1 aliphatic heterocycles. The van der Waals surface area contributed by atoms with Crippen LogP contribution in [0.25, 0.3) is 6.08 Å². The largest absolute Gasteiger partial charge is 0.507 e. The number of aromatic hydroxyl groups is 2. The lowest BCUT2D eigenvalue weighted by Gasteiger charge is -2.24. The third-order valence-electron chi connectivity index (χ3n) is 5.22. The van der Waals surface area contributed by atoms with Crippen molar-refractivity contribution in [1.82, 2.24) is 0 Å². The maximum Gasteiger partial charge on any atom is 0.193 e. The molecule has 3 N–H and O–H groups in total. The first kappa shape index (κ1) is 21.7. The van der Waals surface area contributed by atoms with Crippen LogP contribution in [0.2, 0.25) is 0 Å². The molecule has 5 heteroatoms. The lowest BCUT2D eigenvalue weighted by Crippen LogP contribution is -2.39. The Balaban J connectivity index is 2.10. The zero-order valence-corrected chi connectivity index (χ0v) is 17.8. The van der Waals surface area contributed by atoms with Crippen molar-refractivity contribution in [3.8, 4) is 17.2 Å². The SMILES string of the molecule is CC(C)=CCc1c(O)c2c(c(C(=O)C=Cc3ccccc3)c1O)O[C@@H](C(C)(C)O)C2. The fourth-order valence-corrected chi connectivity index (χ4v) is 3.44. The molecule has 0 aromatic heterocycles. The number of ether oxygens (including phenoxy) is 1. The molecule has 2 aromatic rings. The fourth-order valence-electron chi connectivity index (χ4n) is 3.44. The number of carbonyl (C=O) groups excluding carboxylic acids is 1. The summed E-state index contributed by atoms with van der Waals surface area (Å²) in [6.45, 7) is 7.07. The van der Waals surface area contributed by atoms with Crippen LogP contribution in [0, 0.1) is 0 Å². The number of ketones is 1. The second-order valence-corrected chi connectivity index (χ2v) is 8.42. The molecule has 0 spiro atoms. The minimum atomic E-state index is -1.18. The third kappa shape index (κ3) is 4.41. The number of benzene rings is 2. The standard InChI is InChI=1S/C25H28O5/c1-15(2)10-12-17-22(27)18-14-20(25(3,4)29)30-24(18)21(23(17)28)19(26)13-11-16-8-6-5-7-9-16/h5-11,13,20,27-29H,12,14H2,1-4H3/t20-/m1/s1. The summed E-state index contributed by atoms with van der Waals surface area (Å²) in [5.74, 6) is -0.665. The molecule has 0 amide bonds. The second kappa shape index (κ2) is 8.36. The normalized spacial score (nSPS) is 15.7. The lowest BCUT2D eigenvalue weighted by atomic mass is 9.92. The van der Waals surface area contributed by atoms with Crippen molar-refractivity contribution in [2.45, 2.75) is 52.2 Å². The molecule has 0 saturated carbocycles. The molecule has 0 unspecified atom stereocenters. The van der Waals surface area contributed by atoms with Gasteiger partial charge in [0.2, 0.25) is 0 Å². The van der Waals surface area contributed by atoms with Crippen molar-refractivity contribution >= 4 is 11.9 Å². The summed E-state index contributed by atoms with van der Waals surface area (Å²) >= 11 is 0. The van der Waals surface area contributed by atoms with Crippen molar-refractivity contribution in [1.29, 1.82) is 0 Å². The van der Waals surface area contributed by atoms with E-state index in [1.807, 2.05) is 50.3 Å². The van der Waals surface area contributed by atoms with E-state index in [1.54, 1.807) is 19.9 Å². The van der Waals surface area contributed by atoms with Crippen LogP contribution in [0.1, 0.15) is 54.7 Å². The number of phenols is 2. The Bertz CT molecular complexity index is 1010. The Labute approximate surface area is 177 Å². The number of hydrogen-bond donors (Lipinski definition) is 3. The van der Waals surface area contributed by atoms with Gasteiger partial charge in [0.1, 0.15) is 28.9 Å². The minimum Gasteiger partial charge on any atom is -0.507 e. The summed E-state index contributed by atoms with van der Waals surface area (Å²) in [5.41, 5.74) is 1.43. The summed E-state index contributed by atoms with van der Waals surface area (Å²) in [6.07, 6.45) is 4.81. The van der Waals surface area contributed by atoms with E-state index in [9.17, 15) is 20.1 Å². The van der Waals surface area contributed by atoms with Crippen LogP contribution in [-0.4, -0.2) is 32.8 Å². The van der Waals surface area contributed by atoms with Crippen molar-refractivity contribution in [3.63, 3.8) is 0 Å². The Morgan fingerprint density at radius 1 is 1.17 bits per heavy atom. The summed E-state index contributed by atoms with van der Waals surface area (Å²) in [5, 5.41) is 32.1. The topological polar surface area (TPSA) is 87.0 Å². The first-order valence-electron chi connectivity index (χ1n) is 9.99. The Hall–Kier alpha value is -3.05. The first-order chi connectivity index (χ1) is 14.1. The molecule has 0 radical (unpaired) electrons. The zero-order chi connectivity index (χ0) is 22.1. The van der Waals surface area contributed by atoms with E-state index in [0.29, 0.717) is 5.56 Å². The predicted molar refractivity (Wildman–Crippen MR) is 117 cm³/mol. The number of rotatable bonds is 6. The van der Waals surface area contributed by atoms with E-state index in [0.717, 1.165) is 11.1 Å². The highest BCUT2D eigenvalue weighted by molar-refractivity contribution is 6.11. The second-order valence-electron chi connectivity index (χ2n) is 8.42. The van der Waals surface area contributed by atoms with Crippen molar-refractivity contribution in [2.24, 2.45) is 0 Å². The number of phenolic OH excluding ortho intramolecular Hbond substituents is 2. The Morgan fingerprint density at radius 2 is 1.83 bits per heavy atom. The number of fused-ring (bicyclic) bond motifs is 1. The van der Waals surface area contributed by atoms with Gasteiger partial charge in [-0.3, -0.25) is 4.79 Å². The van der Waals surface area contributed by atoms with Crippen molar-refractivity contribution < 1.29 is 24.9 Å². The van der Waals surface area contributed by atoms with Crippen LogP contribution in [0.3, 0.4) is 0 Å². The van der Waals surface area contributed by atoms with Gasteiger partial charge in [0, 0.05) is 17.5 Å². The van der Waals surface area contributed by atoms with E-state index in [2.05, 4.69) is 0 Å². The molecule has 0 bridgehead atoms. The van der Waals surface area contributed by atoms with Gasteiger partial charge in [0.15, 0.2) is 5.78 Å². The van der Waals surface area contributed by atoms with E-state index in [1.165, 1.54) is 6.08 Å². The fraction of sp³-hybridized carbons (Fsp3) is 0.320. The monoisotopic (exact) mass is 408 g/mol. The quantitative estimate of drug-likeness (QED) is 0.370. The number of carbonyl (C=O) groups is 1. The Morgan fingerprint density at radius 3 is 2.43 bits per heavy atom. The lowest BCUT2D eigenvalue weighted by molar-refractivity contribution is -0.0232. The maximum atomic E-state index is 13.1. The van der Waals surface area contributed by atoms with Gasteiger partial charge in [0.05, 0.1) is 5.60 Å². The highest BCUT2D eigenvalue weighted by Gasteiger charge is 2.40. The molecule has 0 aliphatic carbocycles. The van der Waals surface area contributed by atoms with Gasteiger partial charge in [-0.05, 0) is 45.8 Å². The third-order valence-corrected chi connectivity index (χ3v) is 5.22. The molecule has 0 fully saturated rings. The molecular weight excluding hydrogens is 380 g/mol. The summed E-state index contributed by atoms with van der Waals surface area (Å²) in [7, 11) is 0. The van der Waals surface area contributed by atoms with Crippen molar-refractivity contribution in [2.75, 3.05) is 0 Å². The highest BCUT2D eigenvalue weighted by atomic mass is 16.5. The number of hydrogen-bond acceptors (Lipinski definition) is 5. The zero-order valence-electron chi connectivity index (χ0n) is 17.8. The Kier molecular flexibility index (Phi) is 6.04. The smallest absolute Gasteiger partial charge is 0.193 e. The van der Waals surface area contributed by atoms with Crippen molar-refractivity contribution in [3.05, 3.63) is 70.3 Å². The molecule has 1 atom stereocenters. The molecule has 1 heterocycles. The van der Waals surface area contributed by atoms with Crippen LogP contribution >= 0.6 is 0 Å². The van der Waals surface area contributed by atoms with Crippen LogP contribution < -0.4 is 4.74 Å². The van der Waals surface area contributed by atoms with Gasteiger partial charge in [-0.15, -0.1) is 0 Å². The van der Waals surface area contributed by atoms with E-state index >= 15 is 0 Å². The molecule has 3 rings (SSSR count). The highest BCUT2D eigenvalue weighted by Crippen LogP contribution is 2.48. The average Bonchev–Trinajstić information content (AvgIpc) is 3.12. The first-order valence-corrected chi connectivity index (χ1v) is 9.99. The number of aliphatic hydroxyl groups is 1. The van der Waals surface area contributed by atoms with Gasteiger partial charge >= 0.3 is 0 Å². The van der Waals surface area contributed by atoms with Gasteiger partial charge in [0.25, 0.3) is 0 Å². The minimum absolute atomic E-state index is 0.0129. The van der Waals surface area contributed by atoms with Gasteiger partial charge in [-0.25, -0.2) is 0 Å². The van der Waals surface area contributed by atoms with Crippen LogP contribution in [0.15, 0.2) is 48.1 Å². The van der Waals surface area contributed by atoms with Crippen LogP contribution in [0.4, 0.5) is 0 Å². The van der Waals surface area contributed by atoms with E-state index in [-0.39, 0.29) is 41.2 Å². The van der Waals surface area contributed by atoms with Gasteiger partial charge in [-0.2, -0.15) is 0 Å². The predicted octanol–water partition coefficient (Wildman–Crippen LogP) is 4.58. The van der Waals surface area contributed by atoms with E-state index in [4.69, 9.17) is 4.74 Å². The summed E-state index contributed by atoms with van der Waals surface area (Å²) in [4.78, 5) is 13.1. The average molecular weight is 408 g/mol. The molecule has 30 heavy (non-hydrogen) atoms.